The molecule has 0 aliphatic rings. The second-order valence-electron chi connectivity index (χ2n) is 5.62. The van der Waals surface area contributed by atoms with E-state index in [1.165, 1.54) is 0 Å². The van der Waals surface area contributed by atoms with Gasteiger partial charge in [0.05, 0.1) is 23.7 Å². The van der Waals surface area contributed by atoms with Gasteiger partial charge >= 0.3 is 5.97 Å². The standard InChI is InChI=1S/C16H22N2O3/c1-4-6-14-17-15-11(16(20)21)7-5-8-12(15)18(14)13(9-19)10(2)3/h5,7-8,10,13,19H,4,6,9H2,1-3H3,(H,20,21)/t13-/m0/s1. The van der Waals surface area contributed by atoms with Crippen molar-refractivity contribution in [3.63, 3.8) is 0 Å². The molecule has 2 rings (SSSR count). The van der Waals surface area contributed by atoms with Gasteiger partial charge < -0.3 is 14.8 Å². The summed E-state index contributed by atoms with van der Waals surface area (Å²) in [5.41, 5.74) is 1.50. The van der Waals surface area contributed by atoms with Crippen molar-refractivity contribution in [1.29, 1.82) is 0 Å². The quantitative estimate of drug-likeness (QED) is 0.857. The first-order valence-corrected chi connectivity index (χ1v) is 7.35. The van der Waals surface area contributed by atoms with Crippen LogP contribution in [0.2, 0.25) is 0 Å². The first-order valence-electron chi connectivity index (χ1n) is 7.35. The second kappa shape index (κ2) is 6.26. The van der Waals surface area contributed by atoms with E-state index in [1.54, 1.807) is 12.1 Å². The summed E-state index contributed by atoms with van der Waals surface area (Å²) in [6, 6.07) is 5.08. The Hall–Kier alpha value is -1.88. The van der Waals surface area contributed by atoms with Gasteiger partial charge in [0, 0.05) is 6.42 Å². The van der Waals surface area contributed by atoms with E-state index in [0.29, 0.717) is 5.52 Å². The zero-order valence-corrected chi connectivity index (χ0v) is 12.7. The van der Waals surface area contributed by atoms with Gasteiger partial charge in [-0.05, 0) is 24.5 Å². The zero-order chi connectivity index (χ0) is 15.6. The van der Waals surface area contributed by atoms with Gasteiger partial charge in [0.2, 0.25) is 0 Å². The Kier molecular flexibility index (Phi) is 4.63. The van der Waals surface area contributed by atoms with Crippen LogP contribution in [0, 0.1) is 5.92 Å². The number of hydrogen-bond donors (Lipinski definition) is 2. The van der Waals surface area contributed by atoms with Crippen LogP contribution in [0.3, 0.4) is 0 Å². The lowest BCUT2D eigenvalue weighted by Gasteiger charge is -2.23. The number of rotatable bonds is 6. The maximum atomic E-state index is 11.4. The van der Waals surface area contributed by atoms with Crippen molar-refractivity contribution in [1.82, 2.24) is 9.55 Å². The summed E-state index contributed by atoms with van der Waals surface area (Å²) in [7, 11) is 0. The minimum atomic E-state index is -0.974. The van der Waals surface area contributed by atoms with Crippen LogP contribution in [-0.4, -0.2) is 32.3 Å². The minimum absolute atomic E-state index is 0.0111. The number of hydrogen-bond acceptors (Lipinski definition) is 3. The Bertz CT molecular complexity index is 646. The lowest BCUT2D eigenvalue weighted by molar-refractivity contribution is 0.0699. The highest BCUT2D eigenvalue weighted by Crippen LogP contribution is 2.28. The summed E-state index contributed by atoms with van der Waals surface area (Å²) >= 11 is 0. The van der Waals surface area contributed by atoms with Gasteiger partial charge in [-0.1, -0.05) is 26.8 Å². The molecule has 0 unspecified atom stereocenters. The third kappa shape index (κ3) is 2.78. The van der Waals surface area contributed by atoms with Crippen LogP contribution in [0.1, 0.15) is 49.4 Å². The molecule has 0 aliphatic carbocycles. The van der Waals surface area contributed by atoms with Crippen molar-refractivity contribution in [2.45, 2.75) is 39.7 Å². The largest absolute Gasteiger partial charge is 0.478 e. The lowest BCUT2D eigenvalue weighted by Crippen LogP contribution is -2.21. The molecule has 0 amide bonds. The number of nitrogens with zero attached hydrogens (tertiary/aromatic N) is 2. The molecule has 0 radical (unpaired) electrons. The molecule has 1 atom stereocenters. The summed E-state index contributed by atoms with van der Waals surface area (Å²) in [6.45, 7) is 6.16. The van der Waals surface area contributed by atoms with Crippen molar-refractivity contribution >= 4 is 17.0 Å². The third-order valence-electron chi connectivity index (χ3n) is 3.79. The van der Waals surface area contributed by atoms with E-state index in [4.69, 9.17) is 0 Å². The molecular weight excluding hydrogens is 268 g/mol. The van der Waals surface area contributed by atoms with Crippen LogP contribution in [0.4, 0.5) is 0 Å². The molecule has 0 aliphatic heterocycles. The maximum Gasteiger partial charge on any atom is 0.337 e. The van der Waals surface area contributed by atoms with Crippen molar-refractivity contribution in [2.24, 2.45) is 5.92 Å². The highest BCUT2D eigenvalue weighted by Gasteiger charge is 2.23. The van der Waals surface area contributed by atoms with Crippen molar-refractivity contribution in [3.05, 3.63) is 29.6 Å². The zero-order valence-electron chi connectivity index (χ0n) is 12.7. The third-order valence-corrected chi connectivity index (χ3v) is 3.79. The molecule has 0 fully saturated rings. The number of imidazole rings is 1. The van der Waals surface area contributed by atoms with Crippen LogP contribution >= 0.6 is 0 Å². The summed E-state index contributed by atoms with van der Waals surface area (Å²) in [6.07, 6.45) is 1.68. The highest BCUT2D eigenvalue weighted by atomic mass is 16.4. The average Bonchev–Trinajstić information content (AvgIpc) is 2.78. The van der Waals surface area contributed by atoms with E-state index in [-0.39, 0.29) is 24.1 Å². The Balaban J connectivity index is 2.74. The predicted molar refractivity (Wildman–Crippen MR) is 81.6 cm³/mol. The maximum absolute atomic E-state index is 11.4. The van der Waals surface area contributed by atoms with Gasteiger partial charge in [0.1, 0.15) is 11.3 Å². The smallest absolute Gasteiger partial charge is 0.337 e. The SMILES string of the molecule is CCCc1nc2c(C(=O)O)cccc2n1[C@@H](CO)C(C)C. The molecule has 1 heterocycles. The molecule has 1 aromatic heterocycles. The number of carboxylic acids is 1. The second-order valence-corrected chi connectivity index (χ2v) is 5.62. The van der Waals surface area contributed by atoms with Crippen LogP contribution in [0.25, 0.3) is 11.0 Å². The van der Waals surface area contributed by atoms with Gasteiger partial charge in [-0.3, -0.25) is 0 Å². The van der Waals surface area contributed by atoms with E-state index in [0.717, 1.165) is 24.2 Å². The molecule has 114 valence electrons. The number of aliphatic hydroxyl groups excluding tert-OH is 1. The van der Waals surface area contributed by atoms with Crippen LogP contribution in [0.5, 0.6) is 0 Å². The number of aromatic carboxylic acids is 1. The van der Waals surface area contributed by atoms with E-state index in [2.05, 4.69) is 11.9 Å². The molecule has 1 aromatic carbocycles. The molecule has 0 saturated carbocycles. The number of carbonyl (C=O) groups is 1. The molecule has 21 heavy (non-hydrogen) atoms. The van der Waals surface area contributed by atoms with E-state index >= 15 is 0 Å². The monoisotopic (exact) mass is 290 g/mol. The summed E-state index contributed by atoms with van der Waals surface area (Å²) in [4.78, 5) is 15.9. The van der Waals surface area contributed by atoms with Gasteiger partial charge in [-0.2, -0.15) is 0 Å². The number of para-hydroxylation sites is 1. The predicted octanol–water partition coefficient (Wildman–Crippen LogP) is 2.88. The van der Waals surface area contributed by atoms with Gasteiger partial charge in [-0.25, -0.2) is 9.78 Å². The van der Waals surface area contributed by atoms with Crippen LogP contribution in [0.15, 0.2) is 18.2 Å². The number of aliphatic hydroxyl groups is 1. The number of benzene rings is 1. The topological polar surface area (TPSA) is 75.3 Å². The van der Waals surface area contributed by atoms with Gasteiger partial charge in [0.15, 0.2) is 0 Å². The molecular formula is C16H22N2O3. The van der Waals surface area contributed by atoms with E-state index in [1.807, 2.05) is 24.5 Å². The normalized spacial score (nSPS) is 13.0. The first-order chi connectivity index (χ1) is 10.0. The fourth-order valence-electron chi connectivity index (χ4n) is 2.70. The molecule has 5 heteroatoms. The molecule has 5 nitrogen and oxygen atoms in total. The van der Waals surface area contributed by atoms with Crippen molar-refractivity contribution in [2.75, 3.05) is 6.61 Å². The molecule has 2 N–H and O–H groups in total. The fourth-order valence-corrected chi connectivity index (χ4v) is 2.70. The highest BCUT2D eigenvalue weighted by molar-refractivity contribution is 6.01. The molecule has 0 saturated heterocycles. The lowest BCUT2D eigenvalue weighted by atomic mass is 10.0. The van der Waals surface area contributed by atoms with Crippen LogP contribution < -0.4 is 0 Å². The number of carboxylic acid groups (broad SMARTS) is 1. The van der Waals surface area contributed by atoms with Gasteiger partial charge in [0.25, 0.3) is 0 Å². The Morgan fingerprint density at radius 3 is 2.62 bits per heavy atom. The van der Waals surface area contributed by atoms with Crippen molar-refractivity contribution < 1.29 is 15.0 Å². The average molecular weight is 290 g/mol. The Morgan fingerprint density at radius 2 is 2.10 bits per heavy atom. The van der Waals surface area contributed by atoms with E-state index in [9.17, 15) is 15.0 Å². The number of fused-ring (bicyclic) bond motifs is 1. The van der Waals surface area contributed by atoms with Gasteiger partial charge in [-0.15, -0.1) is 0 Å². The van der Waals surface area contributed by atoms with Crippen molar-refractivity contribution in [3.8, 4) is 0 Å². The summed E-state index contributed by atoms with van der Waals surface area (Å²) in [5, 5.41) is 19.1. The van der Waals surface area contributed by atoms with E-state index < -0.39 is 5.97 Å². The number of aryl methyl sites for hydroxylation is 1. The summed E-state index contributed by atoms with van der Waals surface area (Å²) < 4.78 is 2.01. The Labute approximate surface area is 124 Å². The molecule has 0 spiro atoms. The minimum Gasteiger partial charge on any atom is -0.478 e. The van der Waals surface area contributed by atoms with Crippen LogP contribution in [-0.2, 0) is 6.42 Å². The Morgan fingerprint density at radius 1 is 1.38 bits per heavy atom. The molecule has 2 aromatic rings. The summed E-state index contributed by atoms with van der Waals surface area (Å²) in [5.74, 6) is 0.101. The molecule has 0 bridgehead atoms. The fraction of sp³-hybridized carbons (Fsp3) is 0.500. The number of aromatic nitrogens is 2. The first kappa shape index (κ1) is 15.5.